The fourth-order valence-corrected chi connectivity index (χ4v) is 2.59. The highest BCUT2D eigenvalue weighted by Crippen LogP contribution is 2.16. The Bertz CT molecular complexity index is 456. The van der Waals surface area contributed by atoms with Crippen LogP contribution in [0.25, 0.3) is 0 Å². The lowest BCUT2D eigenvalue weighted by Crippen LogP contribution is -2.43. The van der Waals surface area contributed by atoms with Gasteiger partial charge in [0, 0.05) is 13.1 Å². The zero-order chi connectivity index (χ0) is 15.4. The molecule has 0 bridgehead atoms. The molecule has 2 rings (SSSR count). The van der Waals surface area contributed by atoms with E-state index in [2.05, 4.69) is 17.1 Å². The molecule has 1 aromatic rings. The third kappa shape index (κ3) is 4.58. The second-order valence-electron chi connectivity index (χ2n) is 6.20. The first kappa shape index (κ1) is 16.0. The van der Waals surface area contributed by atoms with Crippen LogP contribution < -0.4 is 5.32 Å². The summed E-state index contributed by atoms with van der Waals surface area (Å²) in [6.07, 6.45) is 1.83. The molecule has 2 heterocycles. The molecule has 5 nitrogen and oxygen atoms in total. The Labute approximate surface area is 126 Å². The van der Waals surface area contributed by atoms with E-state index in [4.69, 9.17) is 4.42 Å². The molecule has 1 atom stereocenters. The number of aliphatic hydroxyl groups is 1. The summed E-state index contributed by atoms with van der Waals surface area (Å²) in [5.41, 5.74) is 0.961. The molecular formula is C16H26N2O3. The minimum atomic E-state index is -0.542. The lowest BCUT2D eigenvalue weighted by molar-refractivity contribution is 0.0779. The number of β-amino-alcohol motifs (C(OH)–C–C–N with tert-alkyl or cyclic N) is 1. The molecule has 0 spiro atoms. The minimum Gasteiger partial charge on any atom is -0.456 e. The van der Waals surface area contributed by atoms with Gasteiger partial charge in [-0.05, 0) is 57.3 Å². The molecule has 1 aliphatic rings. The van der Waals surface area contributed by atoms with Crippen LogP contribution in [-0.4, -0.2) is 48.2 Å². The largest absolute Gasteiger partial charge is 0.456 e. The van der Waals surface area contributed by atoms with Crippen LogP contribution in [-0.2, 0) is 0 Å². The van der Waals surface area contributed by atoms with Crippen molar-refractivity contribution in [2.75, 3.05) is 26.2 Å². The normalized spacial score (nSPS) is 18.7. The number of rotatable bonds is 5. The van der Waals surface area contributed by atoms with Crippen molar-refractivity contribution in [2.24, 2.45) is 5.92 Å². The third-order valence-corrected chi connectivity index (χ3v) is 4.23. The number of furan rings is 1. The van der Waals surface area contributed by atoms with Gasteiger partial charge in [-0.2, -0.15) is 0 Å². The van der Waals surface area contributed by atoms with Crippen LogP contribution in [0.3, 0.4) is 0 Å². The average Bonchev–Trinajstić information content (AvgIpc) is 2.79. The number of nitrogens with one attached hydrogen (secondary N) is 1. The van der Waals surface area contributed by atoms with Crippen molar-refractivity contribution in [2.45, 2.75) is 39.7 Å². The van der Waals surface area contributed by atoms with E-state index in [1.165, 1.54) is 12.8 Å². The smallest absolute Gasteiger partial charge is 0.287 e. The highest BCUT2D eigenvalue weighted by Gasteiger charge is 2.19. The zero-order valence-corrected chi connectivity index (χ0v) is 13.2. The van der Waals surface area contributed by atoms with Gasteiger partial charge in [-0.3, -0.25) is 4.79 Å². The van der Waals surface area contributed by atoms with Crippen LogP contribution in [0.2, 0.25) is 0 Å². The maximum atomic E-state index is 11.9. The Hall–Kier alpha value is -1.33. The first-order valence-electron chi connectivity index (χ1n) is 7.71. The van der Waals surface area contributed by atoms with Crippen molar-refractivity contribution in [1.82, 2.24) is 10.2 Å². The van der Waals surface area contributed by atoms with Gasteiger partial charge in [-0.25, -0.2) is 0 Å². The van der Waals surface area contributed by atoms with Crippen LogP contribution in [0.5, 0.6) is 0 Å². The van der Waals surface area contributed by atoms with Crippen molar-refractivity contribution in [3.8, 4) is 0 Å². The molecule has 2 N–H and O–H groups in total. The van der Waals surface area contributed by atoms with Crippen molar-refractivity contribution in [1.29, 1.82) is 0 Å². The molecule has 1 fully saturated rings. The van der Waals surface area contributed by atoms with Crippen LogP contribution in [0, 0.1) is 19.8 Å². The van der Waals surface area contributed by atoms with E-state index >= 15 is 0 Å². The summed E-state index contributed by atoms with van der Waals surface area (Å²) in [6.45, 7) is 8.93. The van der Waals surface area contributed by atoms with Crippen LogP contribution >= 0.6 is 0 Å². The van der Waals surface area contributed by atoms with E-state index in [1.54, 1.807) is 6.07 Å². The Kier molecular flexibility index (Phi) is 5.42. The summed E-state index contributed by atoms with van der Waals surface area (Å²) in [7, 11) is 0. The summed E-state index contributed by atoms with van der Waals surface area (Å²) < 4.78 is 5.37. The maximum Gasteiger partial charge on any atom is 0.287 e. The molecule has 1 aliphatic heterocycles. The topological polar surface area (TPSA) is 65.7 Å². The fourth-order valence-electron chi connectivity index (χ4n) is 2.59. The summed E-state index contributed by atoms with van der Waals surface area (Å²) in [5, 5.41) is 12.8. The van der Waals surface area contributed by atoms with Gasteiger partial charge in [0.1, 0.15) is 5.76 Å². The van der Waals surface area contributed by atoms with Crippen LogP contribution in [0.4, 0.5) is 0 Å². The van der Waals surface area contributed by atoms with Gasteiger partial charge in [0.25, 0.3) is 5.91 Å². The van der Waals surface area contributed by atoms with Crippen LogP contribution in [0.15, 0.2) is 10.5 Å². The number of hydrogen-bond donors (Lipinski definition) is 2. The van der Waals surface area contributed by atoms with Gasteiger partial charge < -0.3 is 19.7 Å². The number of carbonyl (C=O) groups excluding carboxylic acids is 1. The Balaban J connectivity index is 1.73. The van der Waals surface area contributed by atoms with Gasteiger partial charge >= 0.3 is 0 Å². The average molecular weight is 294 g/mol. The number of carbonyl (C=O) groups is 1. The number of hydrogen-bond acceptors (Lipinski definition) is 4. The number of nitrogens with zero attached hydrogens (tertiary/aromatic N) is 1. The second kappa shape index (κ2) is 7.09. The van der Waals surface area contributed by atoms with E-state index in [9.17, 15) is 9.90 Å². The van der Waals surface area contributed by atoms with Gasteiger partial charge in [-0.15, -0.1) is 0 Å². The lowest BCUT2D eigenvalue weighted by Gasteiger charge is -2.31. The van der Waals surface area contributed by atoms with Crippen molar-refractivity contribution >= 4 is 5.91 Å². The minimum absolute atomic E-state index is 0.254. The summed E-state index contributed by atoms with van der Waals surface area (Å²) in [5.74, 6) is 1.58. The Morgan fingerprint density at radius 3 is 2.71 bits per heavy atom. The van der Waals surface area contributed by atoms with E-state index in [0.717, 1.165) is 30.3 Å². The van der Waals surface area contributed by atoms with E-state index in [0.29, 0.717) is 12.3 Å². The van der Waals surface area contributed by atoms with E-state index in [1.807, 2.05) is 13.8 Å². The fraction of sp³-hybridized carbons (Fsp3) is 0.688. The highest BCUT2D eigenvalue weighted by molar-refractivity contribution is 5.91. The van der Waals surface area contributed by atoms with E-state index in [-0.39, 0.29) is 12.5 Å². The summed E-state index contributed by atoms with van der Waals surface area (Å²) in [4.78, 5) is 14.2. The standard InChI is InChI=1S/C16H26N2O3/c1-11-4-6-18(7-5-11)10-14(19)9-17-16(20)15-8-12(2)13(3)21-15/h8,11,14,19H,4-7,9-10H2,1-3H3,(H,17,20). The first-order valence-corrected chi connectivity index (χ1v) is 7.71. The van der Waals surface area contributed by atoms with Crippen molar-refractivity contribution in [3.05, 3.63) is 23.2 Å². The van der Waals surface area contributed by atoms with Crippen LogP contribution in [0.1, 0.15) is 41.6 Å². The molecule has 0 saturated carbocycles. The molecule has 1 amide bonds. The number of aliphatic hydroxyl groups excluding tert-OH is 1. The molecule has 1 unspecified atom stereocenters. The molecule has 0 aromatic carbocycles. The Morgan fingerprint density at radius 2 is 2.14 bits per heavy atom. The number of likely N-dealkylation sites (tertiary alicyclic amines) is 1. The molecule has 21 heavy (non-hydrogen) atoms. The molecule has 5 heteroatoms. The zero-order valence-electron chi connectivity index (χ0n) is 13.2. The summed E-state index contributed by atoms with van der Waals surface area (Å²) in [6, 6.07) is 1.73. The molecule has 1 aromatic heterocycles. The van der Waals surface area contributed by atoms with Crippen molar-refractivity contribution < 1.29 is 14.3 Å². The van der Waals surface area contributed by atoms with Gasteiger partial charge in [0.2, 0.25) is 0 Å². The SMILES string of the molecule is Cc1cc(C(=O)NCC(O)CN2CCC(C)CC2)oc1C. The Morgan fingerprint density at radius 1 is 1.48 bits per heavy atom. The maximum absolute atomic E-state index is 11.9. The van der Waals surface area contributed by atoms with Gasteiger partial charge in [0.15, 0.2) is 5.76 Å². The van der Waals surface area contributed by atoms with E-state index < -0.39 is 6.10 Å². The molecule has 0 aliphatic carbocycles. The highest BCUT2D eigenvalue weighted by atomic mass is 16.3. The van der Waals surface area contributed by atoms with Gasteiger partial charge in [-0.1, -0.05) is 6.92 Å². The second-order valence-corrected chi connectivity index (χ2v) is 6.20. The number of amides is 1. The molecule has 118 valence electrons. The number of piperidine rings is 1. The molecular weight excluding hydrogens is 268 g/mol. The third-order valence-electron chi connectivity index (χ3n) is 4.23. The first-order chi connectivity index (χ1) is 9.95. The predicted octanol–water partition coefficient (Wildman–Crippen LogP) is 1.72. The predicted molar refractivity (Wildman–Crippen MR) is 81.4 cm³/mol. The molecule has 0 radical (unpaired) electrons. The van der Waals surface area contributed by atoms with Gasteiger partial charge in [0.05, 0.1) is 6.10 Å². The summed E-state index contributed by atoms with van der Waals surface area (Å²) >= 11 is 0. The quantitative estimate of drug-likeness (QED) is 0.868. The monoisotopic (exact) mass is 294 g/mol. The number of aryl methyl sites for hydroxylation is 2. The van der Waals surface area contributed by atoms with Crippen molar-refractivity contribution in [3.63, 3.8) is 0 Å². The lowest BCUT2D eigenvalue weighted by atomic mass is 9.99. The molecule has 1 saturated heterocycles.